The highest BCUT2D eigenvalue weighted by molar-refractivity contribution is 8.00. The first-order valence-corrected chi connectivity index (χ1v) is 7.40. The van der Waals surface area contributed by atoms with E-state index in [2.05, 4.69) is 0 Å². The smallest absolute Gasteiger partial charge is 0.335 e. The summed E-state index contributed by atoms with van der Waals surface area (Å²) in [4.78, 5) is 25.5. The van der Waals surface area contributed by atoms with Gasteiger partial charge in [-0.15, -0.1) is 11.8 Å². The molecule has 1 N–H and O–H groups in total. The van der Waals surface area contributed by atoms with Gasteiger partial charge in [-0.3, -0.25) is 4.79 Å². The highest BCUT2D eigenvalue weighted by Gasteiger charge is 2.21. The van der Waals surface area contributed by atoms with Gasteiger partial charge in [-0.1, -0.05) is 6.07 Å². The Kier molecular flexibility index (Phi) is 5.03. The Bertz CT molecular complexity index is 506. The number of morpholine rings is 1. The van der Waals surface area contributed by atoms with E-state index in [9.17, 15) is 9.59 Å². The van der Waals surface area contributed by atoms with E-state index in [-0.39, 0.29) is 17.6 Å². The molecule has 0 radical (unpaired) electrons. The summed E-state index contributed by atoms with van der Waals surface area (Å²) in [6, 6.07) is 6.62. The Hall–Kier alpha value is -1.53. The molecule has 0 bridgehead atoms. The highest BCUT2D eigenvalue weighted by atomic mass is 32.2. The van der Waals surface area contributed by atoms with Crippen LogP contribution in [0.5, 0.6) is 0 Å². The molecule has 1 aromatic carbocycles. The molecule has 0 saturated carbocycles. The lowest BCUT2D eigenvalue weighted by Gasteiger charge is -2.31. The molecule has 1 unspecified atom stereocenters. The van der Waals surface area contributed by atoms with Gasteiger partial charge in [0.05, 0.1) is 24.0 Å². The second kappa shape index (κ2) is 6.76. The van der Waals surface area contributed by atoms with Gasteiger partial charge in [0.1, 0.15) is 0 Å². The fourth-order valence-corrected chi connectivity index (χ4v) is 2.86. The number of aromatic carboxylic acids is 1. The number of carbonyl (C=O) groups excluding carboxylic acids is 1. The second-order valence-electron chi connectivity index (χ2n) is 4.64. The molecule has 20 heavy (non-hydrogen) atoms. The van der Waals surface area contributed by atoms with Gasteiger partial charge in [-0.2, -0.15) is 0 Å². The van der Waals surface area contributed by atoms with Crippen molar-refractivity contribution in [3.8, 4) is 0 Å². The van der Waals surface area contributed by atoms with Gasteiger partial charge in [-0.05, 0) is 25.1 Å². The molecule has 5 nitrogen and oxygen atoms in total. The normalized spacial score (nSPS) is 18.9. The zero-order valence-corrected chi connectivity index (χ0v) is 12.1. The first kappa shape index (κ1) is 14.9. The number of amides is 1. The van der Waals surface area contributed by atoms with E-state index < -0.39 is 5.97 Å². The van der Waals surface area contributed by atoms with Crippen LogP contribution in [0, 0.1) is 0 Å². The van der Waals surface area contributed by atoms with Gasteiger partial charge < -0.3 is 14.7 Å². The van der Waals surface area contributed by atoms with E-state index in [1.807, 2.05) is 13.0 Å². The number of hydrogen-bond donors (Lipinski definition) is 1. The molecule has 0 aromatic heterocycles. The number of ether oxygens (including phenoxy) is 1. The molecule has 108 valence electrons. The highest BCUT2D eigenvalue weighted by Crippen LogP contribution is 2.20. The molecule has 6 heteroatoms. The maximum Gasteiger partial charge on any atom is 0.335 e. The lowest BCUT2D eigenvalue weighted by molar-refractivity contribution is -0.135. The standard InChI is InChI=1S/C14H17NO4S/c1-10-8-15(5-6-19-10)13(16)9-20-12-4-2-3-11(7-12)14(17)18/h2-4,7,10H,5-6,8-9H2,1H3,(H,17,18). The van der Waals surface area contributed by atoms with Crippen LogP contribution in [0.1, 0.15) is 17.3 Å². The van der Waals surface area contributed by atoms with Gasteiger partial charge in [0.2, 0.25) is 5.91 Å². The van der Waals surface area contributed by atoms with Gasteiger partial charge in [0.25, 0.3) is 0 Å². The van der Waals surface area contributed by atoms with Crippen LogP contribution >= 0.6 is 11.8 Å². The topological polar surface area (TPSA) is 66.8 Å². The Morgan fingerprint density at radius 1 is 1.50 bits per heavy atom. The maximum absolute atomic E-state index is 12.1. The van der Waals surface area contributed by atoms with Crippen molar-refractivity contribution in [2.24, 2.45) is 0 Å². The minimum absolute atomic E-state index is 0.0610. The maximum atomic E-state index is 12.1. The number of hydrogen-bond acceptors (Lipinski definition) is 4. The van der Waals surface area contributed by atoms with Crippen LogP contribution < -0.4 is 0 Å². The third-order valence-electron chi connectivity index (χ3n) is 3.04. The fourth-order valence-electron chi connectivity index (χ4n) is 2.00. The van der Waals surface area contributed by atoms with Crippen LogP contribution in [0.3, 0.4) is 0 Å². The van der Waals surface area contributed by atoms with Crippen molar-refractivity contribution in [1.29, 1.82) is 0 Å². The van der Waals surface area contributed by atoms with E-state index in [0.717, 1.165) is 4.90 Å². The van der Waals surface area contributed by atoms with E-state index >= 15 is 0 Å². The Balaban J connectivity index is 1.89. The predicted molar refractivity (Wildman–Crippen MR) is 76.1 cm³/mol. The zero-order chi connectivity index (χ0) is 14.5. The Labute approximate surface area is 121 Å². The van der Waals surface area contributed by atoms with E-state index in [1.165, 1.54) is 17.8 Å². The summed E-state index contributed by atoms with van der Waals surface area (Å²) < 4.78 is 5.40. The zero-order valence-electron chi connectivity index (χ0n) is 11.2. The molecule has 1 atom stereocenters. The number of nitrogens with zero attached hydrogens (tertiary/aromatic N) is 1. The third-order valence-corrected chi connectivity index (χ3v) is 4.02. The molecule has 1 heterocycles. The molecule has 1 amide bonds. The lowest BCUT2D eigenvalue weighted by atomic mass is 10.2. The molecular weight excluding hydrogens is 278 g/mol. The third kappa shape index (κ3) is 3.98. The minimum Gasteiger partial charge on any atom is -0.478 e. The van der Waals surface area contributed by atoms with Crippen LogP contribution in [0.2, 0.25) is 0 Å². The second-order valence-corrected chi connectivity index (χ2v) is 5.69. The van der Waals surface area contributed by atoms with Crippen LogP contribution in [0.4, 0.5) is 0 Å². The predicted octanol–water partition coefficient (Wildman–Crippen LogP) is 1.72. The molecule has 1 aliphatic heterocycles. The largest absolute Gasteiger partial charge is 0.478 e. The van der Waals surface area contributed by atoms with Crippen molar-refractivity contribution in [3.05, 3.63) is 29.8 Å². The van der Waals surface area contributed by atoms with Gasteiger partial charge in [-0.25, -0.2) is 4.79 Å². The molecule has 1 aliphatic rings. The minimum atomic E-state index is -0.958. The average molecular weight is 295 g/mol. The van der Waals surface area contributed by atoms with E-state index in [4.69, 9.17) is 9.84 Å². The van der Waals surface area contributed by atoms with Crippen molar-refractivity contribution >= 4 is 23.6 Å². The van der Waals surface area contributed by atoms with Crippen molar-refractivity contribution in [2.45, 2.75) is 17.9 Å². The van der Waals surface area contributed by atoms with Crippen LogP contribution in [-0.4, -0.2) is 53.4 Å². The Morgan fingerprint density at radius 3 is 3.00 bits per heavy atom. The number of thioether (sulfide) groups is 1. The number of carbonyl (C=O) groups is 2. The lowest BCUT2D eigenvalue weighted by Crippen LogP contribution is -2.45. The first-order chi connectivity index (χ1) is 9.56. The summed E-state index contributed by atoms with van der Waals surface area (Å²) in [5.41, 5.74) is 0.238. The molecule has 0 spiro atoms. The number of rotatable bonds is 4. The van der Waals surface area contributed by atoms with Gasteiger partial charge >= 0.3 is 5.97 Å². The van der Waals surface area contributed by atoms with E-state index in [1.54, 1.807) is 17.0 Å². The molecule has 2 rings (SSSR count). The monoisotopic (exact) mass is 295 g/mol. The quantitative estimate of drug-likeness (QED) is 0.857. The molecule has 1 saturated heterocycles. The summed E-state index contributed by atoms with van der Waals surface area (Å²) in [6.45, 7) is 3.77. The average Bonchev–Trinajstić information content (AvgIpc) is 2.45. The summed E-state index contributed by atoms with van der Waals surface area (Å²) in [6.07, 6.45) is 0.0769. The van der Waals surface area contributed by atoms with Crippen LogP contribution in [0.25, 0.3) is 0 Å². The first-order valence-electron chi connectivity index (χ1n) is 6.42. The van der Waals surface area contributed by atoms with Crippen molar-refractivity contribution < 1.29 is 19.4 Å². The van der Waals surface area contributed by atoms with Crippen molar-refractivity contribution in [2.75, 3.05) is 25.4 Å². The summed E-state index contributed by atoms with van der Waals surface area (Å²) in [5, 5.41) is 8.92. The molecule has 1 aromatic rings. The van der Waals surface area contributed by atoms with Gasteiger partial charge in [0.15, 0.2) is 0 Å². The van der Waals surface area contributed by atoms with Crippen molar-refractivity contribution in [3.63, 3.8) is 0 Å². The summed E-state index contributed by atoms with van der Waals surface area (Å²) in [5.74, 6) is -0.581. The van der Waals surface area contributed by atoms with Crippen LogP contribution in [0.15, 0.2) is 29.2 Å². The number of carboxylic acid groups (broad SMARTS) is 1. The Morgan fingerprint density at radius 2 is 2.30 bits per heavy atom. The summed E-state index contributed by atoms with van der Waals surface area (Å²) >= 11 is 1.36. The van der Waals surface area contributed by atoms with E-state index in [0.29, 0.717) is 25.4 Å². The SMILES string of the molecule is CC1CN(C(=O)CSc2cccc(C(=O)O)c2)CCO1. The molecule has 0 aliphatic carbocycles. The van der Waals surface area contributed by atoms with Crippen molar-refractivity contribution in [1.82, 2.24) is 4.90 Å². The van der Waals surface area contributed by atoms with Gasteiger partial charge in [0, 0.05) is 18.0 Å². The fraction of sp³-hybridized carbons (Fsp3) is 0.429. The summed E-state index contributed by atoms with van der Waals surface area (Å²) in [7, 11) is 0. The molecular formula is C14H17NO4S. The number of carboxylic acids is 1. The van der Waals surface area contributed by atoms with Crippen LogP contribution in [-0.2, 0) is 9.53 Å². The molecule has 1 fully saturated rings. The number of benzene rings is 1.